The zero-order valence-corrected chi connectivity index (χ0v) is 11.1. The number of carbonyl (C=O) groups is 1. The smallest absolute Gasteiger partial charge is 0.323 e. The molecule has 0 atom stereocenters. The number of carboxylic acids is 1. The van der Waals surface area contributed by atoms with E-state index in [-0.39, 0.29) is 6.54 Å². The molecule has 1 aromatic heterocycles. The third kappa shape index (κ3) is 3.34. The Morgan fingerprint density at radius 3 is 2.58 bits per heavy atom. The summed E-state index contributed by atoms with van der Waals surface area (Å²) in [7, 11) is 1.90. The quantitative estimate of drug-likeness (QED) is 0.889. The Morgan fingerprint density at radius 1 is 1.37 bits per heavy atom. The molecule has 100 valence electrons. The summed E-state index contributed by atoms with van der Waals surface area (Å²) in [5.41, 5.74) is 2.03. The Labute approximate surface area is 112 Å². The van der Waals surface area contributed by atoms with E-state index >= 15 is 0 Å². The Balaban J connectivity index is 2.23. The number of rotatable bonds is 5. The lowest BCUT2D eigenvalue weighted by atomic mass is 10.2. The highest BCUT2D eigenvalue weighted by Gasteiger charge is 2.13. The van der Waals surface area contributed by atoms with Crippen molar-refractivity contribution in [2.45, 2.75) is 13.5 Å². The van der Waals surface area contributed by atoms with Crippen LogP contribution >= 0.6 is 0 Å². The van der Waals surface area contributed by atoms with E-state index in [1.165, 1.54) is 0 Å². The van der Waals surface area contributed by atoms with Crippen LogP contribution in [0.4, 0.5) is 5.69 Å². The minimum atomic E-state index is -0.852. The number of aromatic nitrogens is 2. The summed E-state index contributed by atoms with van der Waals surface area (Å²) >= 11 is 0. The molecule has 0 aliphatic heterocycles. The second kappa shape index (κ2) is 5.56. The summed E-state index contributed by atoms with van der Waals surface area (Å²) in [6.07, 6.45) is 3.56. The van der Waals surface area contributed by atoms with Crippen molar-refractivity contribution in [2.24, 2.45) is 7.05 Å². The normalized spacial score (nSPS) is 10.4. The molecule has 0 spiro atoms. The molecule has 0 unspecified atom stereocenters. The molecule has 0 aliphatic carbocycles. The van der Waals surface area contributed by atoms with Crippen molar-refractivity contribution in [3.63, 3.8) is 0 Å². The van der Waals surface area contributed by atoms with Gasteiger partial charge in [-0.15, -0.1) is 0 Å². The average molecular weight is 259 g/mol. The van der Waals surface area contributed by atoms with Gasteiger partial charge in [-0.3, -0.25) is 4.79 Å². The molecule has 19 heavy (non-hydrogen) atoms. The molecule has 2 aromatic rings. The number of imidazole rings is 1. The van der Waals surface area contributed by atoms with E-state index in [1.807, 2.05) is 49.0 Å². The average Bonchev–Trinajstić information content (AvgIpc) is 2.75. The topological polar surface area (TPSA) is 58.4 Å². The van der Waals surface area contributed by atoms with Crippen molar-refractivity contribution in [1.29, 1.82) is 0 Å². The monoisotopic (exact) mass is 259 g/mol. The summed E-state index contributed by atoms with van der Waals surface area (Å²) in [6, 6.07) is 7.81. The van der Waals surface area contributed by atoms with Crippen LogP contribution < -0.4 is 4.90 Å². The standard InChI is InChI=1S/C14H17N3O2/c1-11-3-5-12(6-4-11)17(10-14(18)19)9-13-15-7-8-16(13)2/h3-8H,9-10H2,1-2H3,(H,18,19). The first-order valence-corrected chi connectivity index (χ1v) is 6.06. The van der Waals surface area contributed by atoms with Crippen molar-refractivity contribution in [3.05, 3.63) is 48.0 Å². The fourth-order valence-electron chi connectivity index (χ4n) is 1.88. The maximum atomic E-state index is 11.0. The van der Waals surface area contributed by atoms with E-state index in [4.69, 9.17) is 5.11 Å². The van der Waals surface area contributed by atoms with Crippen molar-refractivity contribution >= 4 is 11.7 Å². The molecule has 1 heterocycles. The van der Waals surface area contributed by atoms with Gasteiger partial charge in [0, 0.05) is 25.1 Å². The summed E-state index contributed by atoms with van der Waals surface area (Å²) in [4.78, 5) is 17.0. The van der Waals surface area contributed by atoms with Crippen LogP contribution in [0.2, 0.25) is 0 Å². The summed E-state index contributed by atoms with van der Waals surface area (Å²) < 4.78 is 1.89. The van der Waals surface area contributed by atoms with Crippen LogP contribution in [0, 0.1) is 6.92 Å². The number of benzene rings is 1. The van der Waals surface area contributed by atoms with Crippen LogP contribution in [0.1, 0.15) is 11.4 Å². The van der Waals surface area contributed by atoms with Crippen molar-refractivity contribution in [3.8, 4) is 0 Å². The fraction of sp³-hybridized carbons (Fsp3) is 0.286. The summed E-state index contributed by atoms with van der Waals surface area (Å²) in [6.45, 7) is 2.43. The number of carboxylic acid groups (broad SMARTS) is 1. The molecule has 1 aromatic carbocycles. The van der Waals surface area contributed by atoms with Crippen LogP contribution in [0.15, 0.2) is 36.7 Å². The van der Waals surface area contributed by atoms with Crippen LogP contribution in [0.5, 0.6) is 0 Å². The molecule has 0 bridgehead atoms. The molecule has 0 aliphatic rings. The lowest BCUT2D eigenvalue weighted by Crippen LogP contribution is -2.30. The molecular weight excluding hydrogens is 242 g/mol. The first kappa shape index (κ1) is 13.1. The third-order valence-corrected chi connectivity index (χ3v) is 2.98. The molecule has 0 amide bonds. The van der Waals surface area contributed by atoms with E-state index in [9.17, 15) is 4.79 Å². The SMILES string of the molecule is Cc1ccc(N(CC(=O)O)Cc2nccn2C)cc1. The fourth-order valence-corrected chi connectivity index (χ4v) is 1.88. The van der Waals surface area contributed by atoms with E-state index in [1.54, 1.807) is 11.1 Å². The zero-order valence-electron chi connectivity index (χ0n) is 11.1. The van der Waals surface area contributed by atoms with Gasteiger partial charge in [-0.1, -0.05) is 17.7 Å². The number of hydrogen-bond acceptors (Lipinski definition) is 3. The van der Waals surface area contributed by atoms with E-state index in [2.05, 4.69) is 4.98 Å². The van der Waals surface area contributed by atoms with Crippen LogP contribution in [0.3, 0.4) is 0 Å². The minimum absolute atomic E-state index is 0.0457. The van der Waals surface area contributed by atoms with Crippen LogP contribution in [-0.4, -0.2) is 27.2 Å². The van der Waals surface area contributed by atoms with Gasteiger partial charge in [-0.2, -0.15) is 0 Å². The van der Waals surface area contributed by atoms with Crippen molar-refractivity contribution < 1.29 is 9.90 Å². The maximum absolute atomic E-state index is 11.0. The maximum Gasteiger partial charge on any atom is 0.323 e. The predicted octanol–water partition coefficient (Wildman–Crippen LogP) is 1.82. The highest BCUT2D eigenvalue weighted by molar-refractivity contribution is 5.73. The molecule has 5 nitrogen and oxygen atoms in total. The number of aliphatic carboxylic acids is 1. The number of anilines is 1. The van der Waals surface area contributed by atoms with Gasteiger partial charge in [-0.25, -0.2) is 4.98 Å². The van der Waals surface area contributed by atoms with Gasteiger partial charge >= 0.3 is 5.97 Å². The molecule has 5 heteroatoms. The van der Waals surface area contributed by atoms with E-state index in [0.717, 1.165) is 17.1 Å². The van der Waals surface area contributed by atoms with E-state index in [0.29, 0.717) is 6.54 Å². The Kier molecular flexibility index (Phi) is 3.85. The summed E-state index contributed by atoms with van der Waals surface area (Å²) in [5.74, 6) is -0.0170. The number of nitrogens with zero attached hydrogens (tertiary/aromatic N) is 3. The second-order valence-corrected chi connectivity index (χ2v) is 4.54. The number of aryl methyl sites for hydroxylation is 2. The highest BCUT2D eigenvalue weighted by atomic mass is 16.4. The Bertz CT molecular complexity index is 560. The lowest BCUT2D eigenvalue weighted by Gasteiger charge is -2.22. The Hall–Kier alpha value is -2.30. The van der Waals surface area contributed by atoms with Crippen LogP contribution in [0.25, 0.3) is 0 Å². The molecular formula is C14H17N3O2. The van der Waals surface area contributed by atoms with Crippen molar-refractivity contribution in [2.75, 3.05) is 11.4 Å². The van der Waals surface area contributed by atoms with Gasteiger partial charge in [0.2, 0.25) is 0 Å². The first-order valence-electron chi connectivity index (χ1n) is 6.06. The molecule has 0 fully saturated rings. The molecule has 2 rings (SSSR count). The minimum Gasteiger partial charge on any atom is -0.480 e. The largest absolute Gasteiger partial charge is 0.480 e. The van der Waals surface area contributed by atoms with Gasteiger partial charge in [0.1, 0.15) is 12.4 Å². The summed E-state index contributed by atoms with van der Waals surface area (Å²) in [5, 5.41) is 9.03. The van der Waals surface area contributed by atoms with Gasteiger partial charge in [0.25, 0.3) is 0 Å². The zero-order chi connectivity index (χ0) is 13.8. The highest BCUT2D eigenvalue weighted by Crippen LogP contribution is 2.17. The predicted molar refractivity (Wildman–Crippen MR) is 73.1 cm³/mol. The molecule has 0 radical (unpaired) electrons. The lowest BCUT2D eigenvalue weighted by molar-refractivity contribution is -0.135. The molecule has 0 saturated carbocycles. The van der Waals surface area contributed by atoms with Crippen molar-refractivity contribution in [1.82, 2.24) is 9.55 Å². The Morgan fingerprint density at radius 2 is 2.05 bits per heavy atom. The van der Waals surface area contributed by atoms with E-state index < -0.39 is 5.97 Å². The third-order valence-electron chi connectivity index (χ3n) is 2.98. The number of hydrogen-bond donors (Lipinski definition) is 1. The van der Waals surface area contributed by atoms with Crippen LogP contribution in [-0.2, 0) is 18.4 Å². The van der Waals surface area contributed by atoms with Gasteiger partial charge < -0.3 is 14.6 Å². The second-order valence-electron chi connectivity index (χ2n) is 4.54. The van der Waals surface area contributed by atoms with Gasteiger partial charge in [0.05, 0.1) is 6.54 Å². The molecule has 1 N–H and O–H groups in total. The van der Waals surface area contributed by atoms with Gasteiger partial charge in [0.15, 0.2) is 0 Å². The molecule has 0 saturated heterocycles. The first-order chi connectivity index (χ1) is 9.06. The van der Waals surface area contributed by atoms with Gasteiger partial charge in [-0.05, 0) is 19.1 Å².